The molecule has 0 radical (unpaired) electrons. The van der Waals surface area contributed by atoms with Crippen LogP contribution in [0.1, 0.15) is 58.3 Å². The predicted octanol–water partition coefficient (Wildman–Crippen LogP) is 2.46. The van der Waals surface area contributed by atoms with Crippen molar-refractivity contribution in [1.29, 1.82) is 0 Å². The molecule has 22 heavy (non-hydrogen) atoms. The van der Waals surface area contributed by atoms with E-state index in [1.54, 1.807) is 0 Å². The van der Waals surface area contributed by atoms with Gasteiger partial charge in [-0.05, 0) is 39.0 Å². The van der Waals surface area contributed by atoms with Crippen LogP contribution >= 0.6 is 0 Å². The van der Waals surface area contributed by atoms with E-state index >= 15 is 0 Å². The van der Waals surface area contributed by atoms with Gasteiger partial charge in [0.2, 0.25) is 0 Å². The molecule has 1 aliphatic carbocycles. The minimum absolute atomic E-state index is 0.328. The van der Waals surface area contributed by atoms with Crippen LogP contribution in [0.4, 0.5) is 0 Å². The predicted molar refractivity (Wildman–Crippen MR) is 90.4 cm³/mol. The highest BCUT2D eigenvalue weighted by molar-refractivity contribution is 5.80. The summed E-state index contributed by atoms with van der Waals surface area (Å²) in [6, 6.07) is 0.599. The highest BCUT2D eigenvalue weighted by Crippen LogP contribution is 2.17. The van der Waals surface area contributed by atoms with E-state index in [0.717, 1.165) is 51.7 Å². The van der Waals surface area contributed by atoms with Crippen molar-refractivity contribution in [3.63, 3.8) is 0 Å². The first-order valence-electron chi connectivity index (χ1n) is 9.12. The molecule has 1 saturated carbocycles. The molecule has 2 rings (SSSR count). The van der Waals surface area contributed by atoms with E-state index in [2.05, 4.69) is 22.5 Å². The van der Waals surface area contributed by atoms with Crippen molar-refractivity contribution in [3.05, 3.63) is 0 Å². The van der Waals surface area contributed by atoms with E-state index in [0.29, 0.717) is 12.1 Å². The van der Waals surface area contributed by atoms with Gasteiger partial charge in [-0.2, -0.15) is 0 Å². The molecule has 128 valence electrons. The third-order valence-corrected chi connectivity index (χ3v) is 4.33. The van der Waals surface area contributed by atoms with Crippen molar-refractivity contribution in [2.24, 2.45) is 4.99 Å². The molecule has 2 aliphatic rings. The average Bonchev–Trinajstić information content (AvgIpc) is 3.05. The fourth-order valence-electron chi connectivity index (χ4n) is 3.11. The Kier molecular flexibility index (Phi) is 8.64. The summed E-state index contributed by atoms with van der Waals surface area (Å²) in [6.07, 6.45) is 10.2. The van der Waals surface area contributed by atoms with Gasteiger partial charge in [-0.25, -0.2) is 0 Å². The first-order valence-corrected chi connectivity index (χ1v) is 9.12. The molecule has 0 aromatic carbocycles. The first-order chi connectivity index (χ1) is 10.9. The number of ether oxygens (including phenoxy) is 2. The Hall–Kier alpha value is -0.810. The van der Waals surface area contributed by atoms with Crippen LogP contribution in [0.2, 0.25) is 0 Å². The van der Waals surface area contributed by atoms with Gasteiger partial charge in [0.15, 0.2) is 5.96 Å². The zero-order valence-electron chi connectivity index (χ0n) is 14.1. The van der Waals surface area contributed by atoms with Gasteiger partial charge in [0.05, 0.1) is 12.7 Å². The third kappa shape index (κ3) is 6.97. The molecule has 0 spiro atoms. The zero-order valence-corrected chi connectivity index (χ0v) is 14.1. The third-order valence-electron chi connectivity index (χ3n) is 4.33. The lowest BCUT2D eigenvalue weighted by molar-refractivity contribution is 0.0171. The summed E-state index contributed by atoms with van der Waals surface area (Å²) in [5.41, 5.74) is 0. The molecule has 2 N–H and O–H groups in total. The van der Waals surface area contributed by atoms with Crippen LogP contribution in [0.3, 0.4) is 0 Å². The van der Waals surface area contributed by atoms with Crippen LogP contribution in [0.15, 0.2) is 4.99 Å². The van der Waals surface area contributed by atoms with Crippen molar-refractivity contribution >= 4 is 5.96 Å². The Morgan fingerprint density at radius 3 is 2.77 bits per heavy atom. The number of hydrogen-bond donors (Lipinski definition) is 2. The maximum absolute atomic E-state index is 5.67. The second-order valence-corrected chi connectivity index (χ2v) is 6.30. The summed E-state index contributed by atoms with van der Waals surface area (Å²) in [5, 5.41) is 6.91. The lowest BCUT2D eigenvalue weighted by atomic mass is 9.96. The molecule has 2 fully saturated rings. The Balaban J connectivity index is 1.57. The fourth-order valence-corrected chi connectivity index (χ4v) is 3.11. The molecule has 5 heteroatoms. The summed E-state index contributed by atoms with van der Waals surface area (Å²) < 4.78 is 11.2. The highest BCUT2D eigenvalue weighted by Gasteiger charge is 2.15. The molecule has 5 nitrogen and oxygen atoms in total. The topological polar surface area (TPSA) is 54.9 Å². The van der Waals surface area contributed by atoms with Crippen LogP contribution in [0.25, 0.3) is 0 Å². The number of nitrogens with zero attached hydrogens (tertiary/aromatic N) is 1. The monoisotopic (exact) mass is 311 g/mol. The highest BCUT2D eigenvalue weighted by atomic mass is 16.5. The summed E-state index contributed by atoms with van der Waals surface area (Å²) >= 11 is 0. The number of hydrogen-bond acceptors (Lipinski definition) is 3. The van der Waals surface area contributed by atoms with Gasteiger partial charge < -0.3 is 20.1 Å². The molecule has 0 bridgehead atoms. The largest absolute Gasteiger partial charge is 0.379 e. The van der Waals surface area contributed by atoms with Gasteiger partial charge >= 0.3 is 0 Å². The van der Waals surface area contributed by atoms with E-state index in [1.807, 2.05) is 0 Å². The van der Waals surface area contributed by atoms with Crippen LogP contribution in [-0.2, 0) is 9.47 Å². The van der Waals surface area contributed by atoms with Gasteiger partial charge in [-0.3, -0.25) is 4.99 Å². The zero-order chi connectivity index (χ0) is 15.5. The Morgan fingerprint density at radius 2 is 2.05 bits per heavy atom. The average molecular weight is 311 g/mol. The van der Waals surface area contributed by atoms with Crippen LogP contribution in [-0.4, -0.2) is 51.0 Å². The van der Waals surface area contributed by atoms with Gasteiger partial charge in [-0.15, -0.1) is 0 Å². The second-order valence-electron chi connectivity index (χ2n) is 6.30. The van der Waals surface area contributed by atoms with E-state index in [-0.39, 0.29) is 0 Å². The number of aliphatic imine (C=N–C) groups is 1. The first kappa shape index (κ1) is 17.5. The molecule has 0 aromatic heterocycles. The minimum Gasteiger partial charge on any atom is -0.379 e. The van der Waals surface area contributed by atoms with Crippen molar-refractivity contribution in [2.45, 2.75) is 70.4 Å². The Morgan fingerprint density at radius 1 is 1.18 bits per heavy atom. The summed E-state index contributed by atoms with van der Waals surface area (Å²) in [7, 11) is 0. The molecule has 1 unspecified atom stereocenters. The van der Waals surface area contributed by atoms with Gasteiger partial charge in [-0.1, -0.05) is 19.3 Å². The maximum Gasteiger partial charge on any atom is 0.191 e. The van der Waals surface area contributed by atoms with Crippen LogP contribution in [0.5, 0.6) is 0 Å². The van der Waals surface area contributed by atoms with Crippen LogP contribution < -0.4 is 10.6 Å². The van der Waals surface area contributed by atoms with E-state index in [4.69, 9.17) is 9.47 Å². The second kappa shape index (κ2) is 10.8. The van der Waals surface area contributed by atoms with E-state index in [1.165, 1.54) is 38.5 Å². The van der Waals surface area contributed by atoms with E-state index < -0.39 is 0 Å². The van der Waals surface area contributed by atoms with Crippen molar-refractivity contribution < 1.29 is 9.47 Å². The smallest absolute Gasteiger partial charge is 0.191 e. The van der Waals surface area contributed by atoms with Gasteiger partial charge in [0, 0.05) is 32.3 Å². The number of guanidine groups is 1. The molecule has 0 aromatic rings. The van der Waals surface area contributed by atoms with Gasteiger partial charge in [0.1, 0.15) is 0 Å². The van der Waals surface area contributed by atoms with Gasteiger partial charge in [0.25, 0.3) is 0 Å². The molecule has 1 atom stereocenters. The summed E-state index contributed by atoms with van der Waals surface area (Å²) in [6.45, 7) is 6.25. The van der Waals surface area contributed by atoms with Crippen molar-refractivity contribution in [2.75, 3.05) is 32.9 Å². The molecular formula is C17H33N3O2. The fraction of sp³-hybridized carbons (Fsp3) is 0.941. The maximum atomic E-state index is 5.67. The Labute approximate surface area is 135 Å². The lowest BCUT2D eigenvalue weighted by Crippen LogP contribution is -2.44. The summed E-state index contributed by atoms with van der Waals surface area (Å²) in [4.78, 5) is 4.66. The summed E-state index contributed by atoms with van der Waals surface area (Å²) in [5.74, 6) is 0.966. The molecule has 1 saturated heterocycles. The van der Waals surface area contributed by atoms with Crippen molar-refractivity contribution in [1.82, 2.24) is 10.6 Å². The SMILES string of the molecule is CCNC(=NCCCOCC1CCCO1)NC1CCCCC1. The molecule has 1 heterocycles. The molecular weight excluding hydrogens is 278 g/mol. The number of nitrogens with one attached hydrogen (secondary N) is 2. The van der Waals surface area contributed by atoms with Crippen LogP contribution in [0, 0.1) is 0 Å². The van der Waals surface area contributed by atoms with E-state index in [9.17, 15) is 0 Å². The molecule has 0 amide bonds. The number of rotatable bonds is 8. The normalized spacial score (nSPS) is 23.7. The standard InChI is InChI=1S/C17H33N3O2/c1-2-18-17(20-15-8-4-3-5-9-15)19-11-7-12-21-14-16-10-6-13-22-16/h15-16H,2-14H2,1H3,(H2,18,19,20). The quantitative estimate of drug-likeness (QED) is 0.411. The lowest BCUT2D eigenvalue weighted by Gasteiger charge is -2.24. The Bertz CT molecular complexity index is 311. The molecule has 1 aliphatic heterocycles. The van der Waals surface area contributed by atoms with Crippen molar-refractivity contribution in [3.8, 4) is 0 Å². The minimum atomic E-state index is 0.328.